The summed E-state index contributed by atoms with van der Waals surface area (Å²) in [5, 5.41) is 22.3. The van der Waals surface area contributed by atoms with E-state index >= 15 is 0 Å². The van der Waals surface area contributed by atoms with Crippen molar-refractivity contribution >= 4 is 17.7 Å². The maximum absolute atomic E-state index is 12.7. The van der Waals surface area contributed by atoms with E-state index in [1.165, 1.54) is 36.6 Å². The minimum Gasteiger partial charge on any atom is -0.337 e. The summed E-state index contributed by atoms with van der Waals surface area (Å²) in [6, 6.07) is 12.7. The van der Waals surface area contributed by atoms with Crippen LogP contribution in [0.4, 0.5) is 0 Å². The van der Waals surface area contributed by atoms with Crippen LogP contribution in [0.25, 0.3) is 0 Å². The molecule has 1 saturated carbocycles. The van der Waals surface area contributed by atoms with E-state index in [4.69, 9.17) is 0 Å². The Bertz CT molecular complexity index is 926. The summed E-state index contributed by atoms with van der Waals surface area (Å²) in [5.41, 5.74) is 0.483. The Labute approximate surface area is 194 Å². The number of nitrogens with zero attached hydrogens (tertiary/aromatic N) is 5. The molecule has 2 fully saturated rings. The monoisotopic (exact) mass is 452 g/mol. The first kappa shape index (κ1) is 22.8. The van der Waals surface area contributed by atoms with Crippen LogP contribution in [-0.4, -0.2) is 50.0 Å². The molecule has 1 aromatic heterocycles. The zero-order valence-electron chi connectivity index (χ0n) is 18.6. The van der Waals surface area contributed by atoms with Crippen LogP contribution in [-0.2, 0) is 17.9 Å². The summed E-state index contributed by atoms with van der Waals surface area (Å²) in [6.45, 7) is 3.66. The van der Waals surface area contributed by atoms with Gasteiger partial charge in [-0.15, -0.1) is 10.2 Å². The van der Waals surface area contributed by atoms with E-state index in [1.807, 2.05) is 18.2 Å². The van der Waals surface area contributed by atoms with Gasteiger partial charge in [0.05, 0.1) is 24.9 Å². The summed E-state index contributed by atoms with van der Waals surface area (Å²) in [6.07, 6.45) is 8.36. The fourth-order valence-corrected chi connectivity index (χ4v) is 5.39. The zero-order valence-corrected chi connectivity index (χ0v) is 19.4. The molecule has 170 valence electrons. The summed E-state index contributed by atoms with van der Waals surface area (Å²) in [5.74, 6) is 1.07. The van der Waals surface area contributed by atoms with E-state index in [0.29, 0.717) is 6.54 Å². The number of piperidine rings is 1. The molecule has 1 saturated heterocycles. The predicted molar refractivity (Wildman–Crippen MR) is 125 cm³/mol. The van der Waals surface area contributed by atoms with Crippen LogP contribution < -0.4 is 5.32 Å². The van der Waals surface area contributed by atoms with Crippen molar-refractivity contribution in [2.45, 2.75) is 75.2 Å². The van der Waals surface area contributed by atoms with Gasteiger partial charge in [-0.3, -0.25) is 9.69 Å². The number of carbonyl (C=O) groups is 1. The fourth-order valence-electron chi connectivity index (χ4n) is 4.64. The van der Waals surface area contributed by atoms with Crippen LogP contribution in [0.5, 0.6) is 0 Å². The molecule has 1 amide bonds. The highest BCUT2D eigenvalue weighted by Crippen LogP contribution is 2.28. The third kappa shape index (κ3) is 5.90. The Hall–Kier alpha value is -2.37. The van der Waals surface area contributed by atoms with Crippen molar-refractivity contribution in [1.82, 2.24) is 25.0 Å². The molecule has 2 aromatic rings. The molecule has 32 heavy (non-hydrogen) atoms. The minimum atomic E-state index is -0.701. The smallest absolute Gasteiger partial charge is 0.231 e. The zero-order chi connectivity index (χ0) is 22.2. The lowest BCUT2D eigenvalue weighted by Crippen LogP contribution is -2.49. The van der Waals surface area contributed by atoms with Gasteiger partial charge in [0.1, 0.15) is 11.4 Å². The fraction of sp³-hybridized carbons (Fsp3) is 0.583. The summed E-state index contributed by atoms with van der Waals surface area (Å²) < 4.78 is 2.14. The second kappa shape index (κ2) is 11.0. The van der Waals surface area contributed by atoms with Crippen LogP contribution in [0, 0.1) is 11.3 Å². The van der Waals surface area contributed by atoms with Gasteiger partial charge in [-0.05, 0) is 44.3 Å². The van der Waals surface area contributed by atoms with E-state index < -0.39 is 5.54 Å². The van der Waals surface area contributed by atoms with Crippen LogP contribution in [0.15, 0.2) is 35.5 Å². The number of hydrogen-bond donors (Lipinski definition) is 1. The van der Waals surface area contributed by atoms with Gasteiger partial charge in [-0.25, -0.2) is 0 Å². The second-order valence-electron chi connectivity index (χ2n) is 8.90. The number of aromatic nitrogens is 3. The number of amides is 1. The van der Waals surface area contributed by atoms with Crippen molar-refractivity contribution in [3.63, 3.8) is 0 Å². The molecule has 2 aliphatic rings. The molecule has 2 heterocycles. The molecule has 0 unspecified atom stereocenters. The normalized spacial score (nSPS) is 18.7. The minimum absolute atomic E-state index is 0.106. The highest BCUT2D eigenvalue weighted by atomic mass is 32.2. The number of rotatable bonds is 8. The van der Waals surface area contributed by atoms with E-state index in [0.717, 1.165) is 62.7 Å². The Balaban J connectivity index is 1.44. The molecule has 7 nitrogen and oxygen atoms in total. The number of nitrogens with one attached hydrogen (secondary N) is 1. The van der Waals surface area contributed by atoms with Crippen molar-refractivity contribution in [1.29, 1.82) is 5.26 Å². The molecule has 0 atom stereocenters. The van der Waals surface area contributed by atoms with Gasteiger partial charge in [-0.1, -0.05) is 67.8 Å². The van der Waals surface area contributed by atoms with Gasteiger partial charge in [-0.2, -0.15) is 5.26 Å². The molecule has 0 spiro atoms. The second-order valence-corrected chi connectivity index (χ2v) is 9.84. The van der Waals surface area contributed by atoms with Gasteiger partial charge in [0, 0.05) is 0 Å². The lowest BCUT2D eigenvalue weighted by Gasteiger charge is -2.31. The van der Waals surface area contributed by atoms with Gasteiger partial charge < -0.3 is 9.88 Å². The molecule has 1 aliphatic carbocycles. The van der Waals surface area contributed by atoms with E-state index in [9.17, 15) is 10.1 Å². The largest absolute Gasteiger partial charge is 0.337 e. The topological polar surface area (TPSA) is 86.8 Å². The lowest BCUT2D eigenvalue weighted by atomic mass is 9.83. The molecule has 1 aromatic carbocycles. The number of nitriles is 1. The van der Waals surface area contributed by atoms with Crippen LogP contribution in [0.3, 0.4) is 0 Å². The van der Waals surface area contributed by atoms with Crippen molar-refractivity contribution in [2.75, 3.05) is 18.8 Å². The summed E-state index contributed by atoms with van der Waals surface area (Å²) >= 11 is 1.40. The molecule has 4 rings (SSSR count). The number of likely N-dealkylation sites (tertiary alicyclic amines) is 1. The van der Waals surface area contributed by atoms with Gasteiger partial charge in [0.2, 0.25) is 5.91 Å². The Kier molecular flexibility index (Phi) is 7.82. The third-order valence-electron chi connectivity index (χ3n) is 6.42. The molecular weight excluding hydrogens is 420 g/mol. The maximum atomic E-state index is 12.7. The molecular formula is C24H32N6OS. The van der Waals surface area contributed by atoms with Crippen LogP contribution in [0.2, 0.25) is 0 Å². The van der Waals surface area contributed by atoms with E-state index in [1.54, 1.807) is 0 Å². The first-order valence-corrected chi connectivity index (χ1v) is 12.7. The number of thioether (sulfide) groups is 1. The van der Waals surface area contributed by atoms with Gasteiger partial charge >= 0.3 is 0 Å². The Morgan fingerprint density at radius 2 is 1.75 bits per heavy atom. The maximum Gasteiger partial charge on any atom is 0.231 e. The summed E-state index contributed by atoms with van der Waals surface area (Å²) in [4.78, 5) is 15.1. The third-order valence-corrected chi connectivity index (χ3v) is 7.39. The lowest BCUT2D eigenvalue weighted by molar-refractivity contribution is -0.120. The quantitative estimate of drug-likeness (QED) is 0.614. The number of carbonyl (C=O) groups excluding carboxylic acids is 1. The highest BCUT2D eigenvalue weighted by molar-refractivity contribution is 7.99. The first-order valence-electron chi connectivity index (χ1n) is 11.7. The average Bonchev–Trinajstić information content (AvgIpc) is 3.20. The van der Waals surface area contributed by atoms with E-state index in [2.05, 4.69) is 43.2 Å². The SMILES string of the molecule is N#CC1(NC(=O)CSc2nnc(CN3CCCCC3)n2Cc2ccccc2)CCCCC1. The number of benzene rings is 1. The molecule has 0 bridgehead atoms. The van der Waals surface area contributed by atoms with E-state index in [-0.39, 0.29) is 11.7 Å². The molecule has 1 aliphatic heterocycles. The van der Waals surface area contributed by atoms with Crippen molar-refractivity contribution in [3.8, 4) is 6.07 Å². The first-order chi connectivity index (χ1) is 15.7. The highest BCUT2D eigenvalue weighted by Gasteiger charge is 2.33. The Morgan fingerprint density at radius 3 is 2.47 bits per heavy atom. The standard InChI is InChI=1S/C24H32N6OS/c25-19-24(12-6-2-7-13-24)26-22(31)18-32-23-28-27-21(17-29-14-8-3-9-15-29)30(23)16-20-10-4-1-5-11-20/h1,4-5,10-11H,2-3,6-9,12-18H2,(H,26,31). The van der Waals surface area contributed by atoms with Crippen molar-refractivity contribution in [3.05, 3.63) is 41.7 Å². The number of hydrogen-bond acceptors (Lipinski definition) is 6. The Morgan fingerprint density at radius 1 is 1.03 bits per heavy atom. The summed E-state index contributed by atoms with van der Waals surface area (Å²) in [7, 11) is 0. The van der Waals surface area contributed by atoms with Gasteiger partial charge in [0.25, 0.3) is 0 Å². The molecule has 1 N–H and O–H groups in total. The van der Waals surface area contributed by atoms with Crippen LogP contribution >= 0.6 is 11.8 Å². The molecule has 0 radical (unpaired) electrons. The van der Waals surface area contributed by atoms with Crippen molar-refractivity contribution in [2.24, 2.45) is 0 Å². The molecule has 8 heteroatoms. The van der Waals surface area contributed by atoms with Crippen molar-refractivity contribution < 1.29 is 4.79 Å². The predicted octanol–water partition coefficient (Wildman–Crippen LogP) is 3.75. The van der Waals surface area contributed by atoms with Crippen LogP contribution in [0.1, 0.15) is 62.8 Å². The average molecular weight is 453 g/mol. The van der Waals surface area contributed by atoms with Gasteiger partial charge in [0.15, 0.2) is 5.16 Å².